The first kappa shape index (κ1) is 20.2. The quantitative estimate of drug-likeness (QED) is 0.536. The number of benzene rings is 2. The van der Waals surface area contributed by atoms with Crippen LogP contribution < -0.4 is 10.1 Å². The SMILES string of the molecule is CCCCCOc1ccc(/N=C2\NCOOCN2Cc2ccc(C)cc2)cc1. The molecule has 6 heteroatoms. The first-order chi connectivity index (χ1) is 13.7. The molecule has 0 saturated carbocycles. The van der Waals surface area contributed by atoms with Crippen LogP contribution >= 0.6 is 0 Å². The van der Waals surface area contributed by atoms with E-state index in [-0.39, 0.29) is 6.73 Å². The fourth-order valence-corrected chi connectivity index (χ4v) is 2.84. The fourth-order valence-electron chi connectivity index (χ4n) is 2.84. The molecule has 2 aromatic rings. The van der Waals surface area contributed by atoms with Gasteiger partial charge in [-0.3, -0.25) is 0 Å². The minimum Gasteiger partial charge on any atom is -0.494 e. The lowest BCUT2D eigenvalue weighted by molar-refractivity contribution is -0.305. The smallest absolute Gasteiger partial charge is 0.203 e. The van der Waals surface area contributed by atoms with Crippen molar-refractivity contribution < 1.29 is 14.5 Å². The van der Waals surface area contributed by atoms with Crippen LogP contribution in [0.4, 0.5) is 5.69 Å². The van der Waals surface area contributed by atoms with Crippen LogP contribution in [-0.4, -0.2) is 30.9 Å². The van der Waals surface area contributed by atoms with Crippen LogP contribution in [0.1, 0.15) is 37.3 Å². The van der Waals surface area contributed by atoms with Gasteiger partial charge in [-0.25, -0.2) is 14.8 Å². The van der Waals surface area contributed by atoms with E-state index in [0.717, 1.165) is 30.4 Å². The van der Waals surface area contributed by atoms with E-state index in [1.165, 1.54) is 24.0 Å². The number of ether oxygens (including phenoxy) is 1. The molecule has 0 aliphatic carbocycles. The number of hydrogen-bond acceptors (Lipinski definition) is 4. The molecule has 0 bridgehead atoms. The molecule has 0 aromatic heterocycles. The fraction of sp³-hybridized carbons (Fsp3) is 0.409. The molecule has 1 saturated heterocycles. The summed E-state index contributed by atoms with van der Waals surface area (Å²) in [4.78, 5) is 17.0. The zero-order valence-electron chi connectivity index (χ0n) is 16.7. The van der Waals surface area contributed by atoms with Crippen molar-refractivity contribution in [1.82, 2.24) is 10.2 Å². The third-order valence-electron chi connectivity index (χ3n) is 4.46. The summed E-state index contributed by atoms with van der Waals surface area (Å²) in [6.07, 6.45) is 3.47. The summed E-state index contributed by atoms with van der Waals surface area (Å²) in [5.41, 5.74) is 3.27. The zero-order chi connectivity index (χ0) is 19.6. The van der Waals surface area contributed by atoms with Crippen molar-refractivity contribution in [2.75, 3.05) is 20.1 Å². The van der Waals surface area contributed by atoms with Gasteiger partial charge in [-0.05, 0) is 43.2 Å². The molecule has 0 amide bonds. The molecule has 1 aliphatic heterocycles. The molecule has 0 atom stereocenters. The second-order valence-electron chi connectivity index (χ2n) is 6.85. The van der Waals surface area contributed by atoms with E-state index >= 15 is 0 Å². The van der Waals surface area contributed by atoms with Gasteiger partial charge in [-0.2, -0.15) is 0 Å². The lowest BCUT2D eigenvalue weighted by Crippen LogP contribution is -2.39. The number of rotatable bonds is 8. The zero-order valence-corrected chi connectivity index (χ0v) is 16.7. The van der Waals surface area contributed by atoms with Crippen LogP contribution in [0.25, 0.3) is 0 Å². The maximum absolute atomic E-state index is 5.77. The molecule has 0 spiro atoms. The van der Waals surface area contributed by atoms with Crippen LogP contribution in [0, 0.1) is 6.92 Å². The van der Waals surface area contributed by atoms with Gasteiger partial charge in [0.1, 0.15) is 5.75 Å². The minimum atomic E-state index is 0.252. The summed E-state index contributed by atoms with van der Waals surface area (Å²) in [5.74, 6) is 1.59. The van der Waals surface area contributed by atoms with E-state index in [9.17, 15) is 0 Å². The van der Waals surface area contributed by atoms with Gasteiger partial charge in [0.2, 0.25) is 5.96 Å². The topological polar surface area (TPSA) is 55.3 Å². The number of guanidine groups is 1. The molecule has 1 fully saturated rings. The Morgan fingerprint density at radius 3 is 2.57 bits per heavy atom. The van der Waals surface area contributed by atoms with E-state index in [0.29, 0.717) is 13.3 Å². The van der Waals surface area contributed by atoms with Gasteiger partial charge in [0.15, 0.2) is 13.5 Å². The molecule has 1 heterocycles. The van der Waals surface area contributed by atoms with Crippen molar-refractivity contribution >= 4 is 11.6 Å². The van der Waals surface area contributed by atoms with E-state index in [2.05, 4.69) is 43.4 Å². The van der Waals surface area contributed by atoms with E-state index in [4.69, 9.17) is 19.5 Å². The van der Waals surface area contributed by atoms with Crippen molar-refractivity contribution in [3.63, 3.8) is 0 Å². The maximum Gasteiger partial charge on any atom is 0.203 e. The standard InChI is InChI=1S/C22H29N3O3/c1-3-4-5-14-26-21-12-10-20(11-13-21)24-22-23-16-27-28-17-25(22)15-19-8-6-18(2)7-9-19/h6-13H,3-5,14-17H2,1-2H3,(H,23,24). The largest absolute Gasteiger partial charge is 0.494 e. The molecular formula is C22H29N3O3. The Hall–Kier alpha value is -2.57. The van der Waals surface area contributed by atoms with Gasteiger partial charge >= 0.3 is 0 Å². The maximum atomic E-state index is 5.77. The first-order valence-corrected chi connectivity index (χ1v) is 9.85. The summed E-state index contributed by atoms with van der Waals surface area (Å²) in [6.45, 7) is 6.25. The molecule has 150 valence electrons. The van der Waals surface area contributed by atoms with E-state index in [1.807, 2.05) is 29.2 Å². The van der Waals surface area contributed by atoms with Crippen molar-refractivity contribution in [2.45, 2.75) is 39.7 Å². The summed E-state index contributed by atoms with van der Waals surface area (Å²) >= 11 is 0. The lowest BCUT2D eigenvalue weighted by atomic mass is 10.1. The third kappa shape index (κ3) is 6.25. The van der Waals surface area contributed by atoms with Crippen LogP contribution in [0.3, 0.4) is 0 Å². The Bertz CT molecular complexity index is 745. The summed E-state index contributed by atoms with van der Waals surface area (Å²) in [5, 5.41) is 3.17. The molecule has 1 N–H and O–H groups in total. The second kappa shape index (κ2) is 10.7. The summed E-state index contributed by atoms with van der Waals surface area (Å²) in [7, 11) is 0. The summed E-state index contributed by atoms with van der Waals surface area (Å²) in [6, 6.07) is 16.3. The average molecular weight is 383 g/mol. The predicted molar refractivity (Wildman–Crippen MR) is 110 cm³/mol. The highest BCUT2D eigenvalue weighted by molar-refractivity contribution is 5.82. The van der Waals surface area contributed by atoms with Gasteiger partial charge in [0, 0.05) is 6.54 Å². The molecule has 2 aromatic carbocycles. The Labute approximate surface area is 167 Å². The number of aliphatic imine (C=N–C) groups is 1. The second-order valence-corrected chi connectivity index (χ2v) is 6.85. The Kier molecular flexibility index (Phi) is 7.70. The number of nitrogens with zero attached hydrogens (tertiary/aromatic N) is 2. The summed E-state index contributed by atoms with van der Waals surface area (Å²) < 4.78 is 5.77. The van der Waals surface area contributed by atoms with Crippen LogP contribution in [0.5, 0.6) is 5.75 Å². The average Bonchev–Trinajstić information content (AvgIpc) is 2.93. The lowest BCUT2D eigenvalue weighted by Gasteiger charge is -2.22. The van der Waals surface area contributed by atoms with Crippen LogP contribution in [0.15, 0.2) is 53.5 Å². The van der Waals surface area contributed by atoms with E-state index < -0.39 is 0 Å². The van der Waals surface area contributed by atoms with Gasteiger partial charge in [0.05, 0.1) is 12.3 Å². The monoisotopic (exact) mass is 383 g/mol. The van der Waals surface area contributed by atoms with Crippen molar-refractivity contribution in [3.05, 3.63) is 59.7 Å². The van der Waals surface area contributed by atoms with Gasteiger partial charge in [0.25, 0.3) is 0 Å². The van der Waals surface area contributed by atoms with Crippen molar-refractivity contribution in [1.29, 1.82) is 0 Å². The molecule has 0 unspecified atom stereocenters. The molecule has 0 radical (unpaired) electrons. The first-order valence-electron chi connectivity index (χ1n) is 9.85. The number of aryl methyl sites for hydroxylation is 1. The third-order valence-corrected chi connectivity index (χ3v) is 4.46. The predicted octanol–water partition coefficient (Wildman–Crippen LogP) is 4.52. The Morgan fingerprint density at radius 2 is 1.82 bits per heavy atom. The van der Waals surface area contributed by atoms with Crippen LogP contribution in [0.2, 0.25) is 0 Å². The Morgan fingerprint density at radius 1 is 1.04 bits per heavy atom. The highest BCUT2D eigenvalue weighted by atomic mass is 17.2. The van der Waals surface area contributed by atoms with Crippen molar-refractivity contribution in [3.8, 4) is 5.75 Å². The minimum absolute atomic E-state index is 0.252. The van der Waals surface area contributed by atoms with E-state index in [1.54, 1.807) is 0 Å². The van der Waals surface area contributed by atoms with Crippen LogP contribution in [-0.2, 0) is 16.3 Å². The highest BCUT2D eigenvalue weighted by Crippen LogP contribution is 2.20. The van der Waals surface area contributed by atoms with Gasteiger partial charge in [-0.15, -0.1) is 0 Å². The van der Waals surface area contributed by atoms with Gasteiger partial charge < -0.3 is 15.0 Å². The molecule has 6 nitrogen and oxygen atoms in total. The molecular weight excluding hydrogens is 354 g/mol. The molecule has 28 heavy (non-hydrogen) atoms. The molecule has 1 aliphatic rings. The van der Waals surface area contributed by atoms with Crippen molar-refractivity contribution in [2.24, 2.45) is 4.99 Å². The normalized spacial score (nSPS) is 15.9. The highest BCUT2D eigenvalue weighted by Gasteiger charge is 2.16. The molecule has 3 rings (SSSR count). The number of hydrogen-bond donors (Lipinski definition) is 1. The Balaban J connectivity index is 1.67. The van der Waals surface area contributed by atoms with Gasteiger partial charge in [-0.1, -0.05) is 49.6 Å². The number of nitrogens with one attached hydrogen (secondary N) is 1. The number of unbranched alkanes of at least 4 members (excludes halogenated alkanes) is 2.